The predicted molar refractivity (Wildman–Crippen MR) is 92.8 cm³/mol. The molecule has 0 radical (unpaired) electrons. The highest BCUT2D eigenvalue weighted by Gasteiger charge is 2.16. The van der Waals surface area contributed by atoms with Gasteiger partial charge in [0.2, 0.25) is 5.89 Å². The van der Waals surface area contributed by atoms with E-state index < -0.39 is 5.97 Å². The molecule has 7 heteroatoms. The minimum atomic E-state index is -1.03. The maximum atomic E-state index is 11.6. The first-order chi connectivity index (χ1) is 11.5. The molecule has 0 fully saturated rings. The van der Waals surface area contributed by atoms with Gasteiger partial charge in [0, 0.05) is 35.6 Å². The number of carbonyl (C=O) groups is 1. The second-order valence-corrected chi connectivity index (χ2v) is 6.60. The van der Waals surface area contributed by atoms with E-state index in [0.29, 0.717) is 5.89 Å². The first-order valence-corrected chi connectivity index (χ1v) is 8.30. The van der Waals surface area contributed by atoms with Gasteiger partial charge < -0.3 is 14.1 Å². The fourth-order valence-corrected chi connectivity index (χ4v) is 3.17. The van der Waals surface area contributed by atoms with E-state index in [4.69, 9.17) is 4.42 Å². The number of aliphatic carboxylic acids is 1. The lowest BCUT2D eigenvalue weighted by molar-refractivity contribution is -0.131. The zero-order valence-electron chi connectivity index (χ0n) is 13.6. The lowest BCUT2D eigenvalue weighted by Crippen LogP contribution is -1.98. The van der Waals surface area contributed by atoms with Gasteiger partial charge in [-0.3, -0.25) is 0 Å². The number of rotatable bonds is 5. The standard InChI is InChI=1S/C17H17N3O3S/c1-10(2)20-9-12(13-6-4-5-7-14(13)20)8-15(16(21)22)24-17-19-18-11(3)23-17/h4-10H,1-3H3,(H,21,22)/b15-8-. The van der Waals surface area contributed by atoms with Crippen molar-refractivity contribution in [1.82, 2.24) is 14.8 Å². The molecule has 3 aromatic rings. The summed E-state index contributed by atoms with van der Waals surface area (Å²) in [6.45, 7) is 5.85. The zero-order valence-corrected chi connectivity index (χ0v) is 14.4. The molecule has 0 atom stereocenters. The lowest BCUT2D eigenvalue weighted by Gasteiger charge is -2.08. The molecule has 24 heavy (non-hydrogen) atoms. The second kappa shape index (κ2) is 6.52. The van der Waals surface area contributed by atoms with Crippen molar-refractivity contribution < 1.29 is 14.3 Å². The monoisotopic (exact) mass is 343 g/mol. The van der Waals surface area contributed by atoms with Crippen LogP contribution in [0.4, 0.5) is 0 Å². The van der Waals surface area contributed by atoms with Crippen molar-refractivity contribution in [3.05, 3.63) is 46.8 Å². The number of fused-ring (bicyclic) bond motifs is 1. The van der Waals surface area contributed by atoms with E-state index in [1.165, 1.54) is 0 Å². The molecule has 6 nitrogen and oxygen atoms in total. The number of hydrogen-bond donors (Lipinski definition) is 1. The van der Waals surface area contributed by atoms with Gasteiger partial charge in [-0.05, 0) is 37.8 Å². The summed E-state index contributed by atoms with van der Waals surface area (Å²) in [5.74, 6) is -0.629. The molecule has 0 bridgehead atoms. The van der Waals surface area contributed by atoms with E-state index in [9.17, 15) is 9.90 Å². The molecule has 1 N–H and O–H groups in total. The summed E-state index contributed by atoms with van der Waals surface area (Å²) in [6.07, 6.45) is 3.62. The fourth-order valence-electron chi connectivity index (χ4n) is 2.46. The topological polar surface area (TPSA) is 81.2 Å². The van der Waals surface area contributed by atoms with Crippen LogP contribution in [0, 0.1) is 6.92 Å². The van der Waals surface area contributed by atoms with Crippen LogP contribution in [0.5, 0.6) is 0 Å². The molecule has 2 aromatic heterocycles. The Labute approximate surface area is 143 Å². The van der Waals surface area contributed by atoms with Crippen molar-refractivity contribution in [2.24, 2.45) is 0 Å². The van der Waals surface area contributed by atoms with Gasteiger partial charge >= 0.3 is 5.97 Å². The van der Waals surface area contributed by atoms with Gasteiger partial charge in [-0.25, -0.2) is 4.79 Å². The SMILES string of the molecule is Cc1nnc(S/C(=C\c2cn(C(C)C)c3ccccc23)C(=O)O)o1. The molecule has 0 aliphatic rings. The molecule has 2 heterocycles. The maximum absolute atomic E-state index is 11.6. The third-order valence-corrected chi connectivity index (χ3v) is 4.38. The van der Waals surface area contributed by atoms with Gasteiger partial charge in [0.15, 0.2) is 0 Å². The molecular weight excluding hydrogens is 326 g/mol. The van der Waals surface area contributed by atoms with Crippen LogP contribution >= 0.6 is 11.8 Å². The molecule has 0 saturated carbocycles. The Balaban J connectivity index is 2.07. The van der Waals surface area contributed by atoms with Crippen LogP contribution in [0.25, 0.3) is 17.0 Å². The normalized spacial score (nSPS) is 12.2. The molecule has 0 amide bonds. The van der Waals surface area contributed by atoms with Gasteiger partial charge in [0.25, 0.3) is 5.22 Å². The number of carboxylic acid groups (broad SMARTS) is 1. The minimum Gasteiger partial charge on any atom is -0.477 e. The van der Waals surface area contributed by atoms with Crippen molar-refractivity contribution in [3.8, 4) is 0 Å². The average molecular weight is 343 g/mol. The third-order valence-electron chi connectivity index (χ3n) is 3.53. The number of carboxylic acids is 1. The predicted octanol–water partition coefficient (Wildman–Crippen LogP) is 4.13. The van der Waals surface area contributed by atoms with E-state index in [1.807, 2.05) is 30.5 Å². The Morgan fingerprint density at radius 2 is 2.08 bits per heavy atom. The number of benzene rings is 1. The molecular formula is C17H17N3O3S. The van der Waals surface area contributed by atoms with Crippen molar-refractivity contribution in [1.29, 1.82) is 0 Å². The first-order valence-electron chi connectivity index (χ1n) is 7.48. The molecule has 3 rings (SSSR count). The third kappa shape index (κ3) is 3.21. The van der Waals surface area contributed by atoms with E-state index in [0.717, 1.165) is 28.2 Å². The molecule has 0 spiro atoms. The Hall–Kier alpha value is -2.54. The van der Waals surface area contributed by atoms with Gasteiger partial charge in [-0.2, -0.15) is 0 Å². The van der Waals surface area contributed by atoms with E-state index >= 15 is 0 Å². The number of thioether (sulfide) groups is 1. The van der Waals surface area contributed by atoms with Crippen molar-refractivity contribution >= 4 is 34.7 Å². The van der Waals surface area contributed by atoms with Crippen molar-refractivity contribution in [3.63, 3.8) is 0 Å². The Bertz CT molecular complexity index is 924. The van der Waals surface area contributed by atoms with E-state index in [-0.39, 0.29) is 16.2 Å². The minimum absolute atomic E-state index is 0.130. The Morgan fingerprint density at radius 1 is 1.33 bits per heavy atom. The first kappa shape index (κ1) is 16.3. The largest absolute Gasteiger partial charge is 0.477 e. The molecule has 0 aliphatic carbocycles. The highest BCUT2D eigenvalue weighted by molar-refractivity contribution is 8.03. The van der Waals surface area contributed by atoms with Crippen molar-refractivity contribution in [2.75, 3.05) is 0 Å². The fraction of sp³-hybridized carbons (Fsp3) is 0.235. The van der Waals surface area contributed by atoms with Crippen LogP contribution < -0.4 is 0 Å². The average Bonchev–Trinajstić information content (AvgIpc) is 3.11. The highest BCUT2D eigenvalue weighted by atomic mass is 32.2. The van der Waals surface area contributed by atoms with Crippen molar-refractivity contribution in [2.45, 2.75) is 32.0 Å². The Morgan fingerprint density at radius 3 is 2.71 bits per heavy atom. The second-order valence-electron chi connectivity index (χ2n) is 5.61. The van der Waals surface area contributed by atoms with Crippen LogP contribution in [0.2, 0.25) is 0 Å². The summed E-state index contributed by atoms with van der Waals surface area (Å²) in [5, 5.41) is 18.3. The van der Waals surface area contributed by atoms with E-state index in [2.05, 4.69) is 28.6 Å². The van der Waals surface area contributed by atoms with Crippen LogP contribution in [-0.4, -0.2) is 25.8 Å². The molecule has 0 aliphatic heterocycles. The number of aryl methyl sites for hydroxylation is 1. The van der Waals surface area contributed by atoms with Crippen LogP contribution in [-0.2, 0) is 4.79 Å². The lowest BCUT2D eigenvalue weighted by atomic mass is 10.1. The number of para-hydroxylation sites is 1. The van der Waals surface area contributed by atoms with E-state index in [1.54, 1.807) is 13.0 Å². The van der Waals surface area contributed by atoms with Gasteiger partial charge in [0.05, 0.1) is 0 Å². The van der Waals surface area contributed by atoms with Gasteiger partial charge in [-0.15, -0.1) is 10.2 Å². The Kier molecular flexibility index (Phi) is 4.44. The van der Waals surface area contributed by atoms with Crippen LogP contribution in [0.1, 0.15) is 31.3 Å². The molecule has 0 saturated heterocycles. The summed E-state index contributed by atoms with van der Waals surface area (Å²) in [5.41, 5.74) is 1.92. The van der Waals surface area contributed by atoms with Crippen LogP contribution in [0.15, 0.2) is 45.0 Å². The number of nitrogens with zero attached hydrogens (tertiary/aromatic N) is 3. The zero-order chi connectivity index (χ0) is 17.3. The molecule has 1 aromatic carbocycles. The van der Waals surface area contributed by atoms with Gasteiger partial charge in [-0.1, -0.05) is 18.2 Å². The summed E-state index contributed by atoms with van der Waals surface area (Å²) >= 11 is 0.951. The number of hydrogen-bond acceptors (Lipinski definition) is 5. The quantitative estimate of drug-likeness (QED) is 0.554. The summed E-state index contributed by atoms with van der Waals surface area (Å²) in [7, 11) is 0. The molecule has 124 valence electrons. The van der Waals surface area contributed by atoms with Crippen LogP contribution in [0.3, 0.4) is 0 Å². The smallest absolute Gasteiger partial charge is 0.342 e. The molecule has 0 unspecified atom stereocenters. The summed E-state index contributed by atoms with van der Waals surface area (Å²) in [4.78, 5) is 11.7. The highest BCUT2D eigenvalue weighted by Crippen LogP contribution is 2.31. The number of aromatic nitrogens is 3. The summed E-state index contributed by atoms with van der Waals surface area (Å²) < 4.78 is 7.39. The summed E-state index contributed by atoms with van der Waals surface area (Å²) in [6, 6.07) is 8.21. The van der Waals surface area contributed by atoms with Gasteiger partial charge in [0.1, 0.15) is 4.91 Å². The maximum Gasteiger partial charge on any atom is 0.342 e.